The first-order chi connectivity index (χ1) is 11.1. The summed E-state index contributed by atoms with van der Waals surface area (Å²) in [5.41, 5.74) is 6.82. The van der Waals surface area contributed by atoms with Crippen molar-refractivity contribution >= 4 is 17.6 Å². The quantitative estimate of drug-likeness (QED) is 0.903. The number of benzene rings is 1. The van der Waals surface area contributed by atoms with Crippen LogP contribution in [0.3, 0.4) is 0 Å². The first-order valence-electron chi connectivity index (χ1n) is 8.19. The molecule has 3 rings (SSSR count). The van der Waals surface area contributed by atoms with Crippen molar-refractivity contribution in [3.8, 4) is 0 Å². The SMILES string of the molecule is C[C@H]1CCCN([C@@H](C)c2nc(N)nc(Nc3ccccc3)n2)C1. The molecule has 0 saturated carbocycles. The summed E-state index contributed by atoms with van der Waals surface area (Å²) >= 11 is 0. The van der Waals surface area contributed by atoms with Gasteiger partial charge in [-0.3, -0.25) is 4.90 Å². The number of nitrogen functional groups attached to an aromatic ring is 1. The van der Waals surface area contributed by atoms with Gasteiger partial charge in [-0.15, -0.1) is 0 Å². The van der Waals surface area contributed by atoms with Crippen molar-refractivity contribution < 1.29 is 0 Å². The number of para-hydroxylation sites is 1. The molecule has 1 saturated heterocycles. The number of likely N-dealkylation sites (tertiary alicyclic amines) is 1. The molecule has 0 unspecified atom stereocenters. The van der Waals surface area contributed by atoms with Crippen molar-refractivity contribution in [1.29, 1.82) is 0 Å². The van der Waals surface area contributed by atoms with E-state index in [4.69, 9.17) is 5.73 Å². The number of hydrogen-bond donors (Lipinski definition) is 2. The van der Waals surface area contributed by atoms with Crippen LogP contribution in [0.4, 0.5) is 17.6 Å². The molecule has 6 nitrogen and oxygen atoms in total. The Morgan fingerprint density at radius 1 is 1.22 bits per heavy atom. The number of piperidine rings is 1. The molecule has 23 heavy (non-hydrogen) atoms. The highest BCUT2D eigenvalue weighted by Gasteiger charge is 2.24. The lowest BCUT2D eigenvalue weighted by molar-refractivity contribution is 0.134. The Hall–Kier alpha value is -2.21. The molecule has 0 spiro atoms. The fourth-order valence-corrected chi connectivity index (χ4v) is 3.04. The molecule has 2 heterocycles. The van der Waals surface area contributed by atoms with E-state index >= 15 is 0 Å². The molecule has 6 heteroatoms. The van der Waals surface area contributed by atoms with E-state index in [2.05, 4.69) is 39.0 Å². The molecular formula is C17H24N6. The third-order valence-corrected chi connectivity index (χ3v) is 4.31. The summed E-state index contributed by atoms with van der Waals surface area (Å²) in [6.07, 6.45) is 2.52. The molecule has 0 amide bonds. The van der Waals surface area contributed by atoms with Crippen LogP contribution in [0.25, 0.3) is 0 Å². The largest absolute Gasteiger partial charge is 0.368 e. The Balaban J connectivity index is 1.79. The topological polar surface area (TPSA) is 80.0 Å². The zero-order chi connectivity index (χ0) is 16.2. The number of aromatic nitrogens is 3. The van der Waals surface area contributed by atoms with E-state index in [1.807, 2.05) is 30.3 Å². The minimum atomic E-state index is 0.138. The Morgan fingerprint density at radius 2 is 2.00 bits per heavy atom. The summed E-state index contributed by atoms with van der Waals surface area (Å²) in [5, 5.41) is 3.19. The van der Waals surface area contributed by atoms with Crippen LogP contribution < -0.4 is 11.1 Å². The predicted molar refractivity (Wildman–Crippen MR) is 92.4 cm³/mol. The van der Waals surface area contributed by atoms with E-state index in [0.29, 0.717) is 11.9 Å². The van der Waals surface area contributed by atoms with E-state index in [1.165, 1.54) is 12.8 Å². The second-order valence-electron chi connectivity index (χ2n) is 6.28. The summed E-state index contributed by atoms with van der Waals surface area (Å²) in [6, 6.07) is 9.97. The highest BCUT2D eigenvalue weighted by atomic mass is 15.2. The number of nitrogens with two attached hydrogens (primary N) is 1. The van der Waals surface area contributed by atoms with Crippen molar-refractivity contribution in [3.63, 3.8) is 0 Å². The molecule has 122 valence electrons. The maximum absolute atomic E-state index is 5.89. The van der Waals surface area contributed by atoms with Crippen molar-refractivity contribution in [2.45, 2.75) is 32.7 Å². The van der Waals surface area contributed by atoms with E-state index in [9.17, 15) is 0 Å². The first kappa shape index (κ1) is 15.7. The lowest BCUT2D eigenvalue weighted by atomic mass is 9.99. The van der Waals surface area contributed by atoms with Crippen LogP contribution in [0.1, 0.15) is 38.6 Å². The Kier molecular flexibility index (Phi) is 4.71. The lowest BCUT2D eigenvalue weighted by Gasteiger charge is -2.34. The van der Waals surface area contributed by atoms with Crippen LogP contribution in [0.2, 0.25) is 0 Å². The van der Waals surface area contributed by atoms with Gasteiger partial charge in [-0.25, -0.2) is 0 Å². The lowest BCUT2D eigenvalue weighted by Crippen LogP contribution is -2.37. The van der Waals surface area contributed by atoms with Gasteiger partial charge in [-0.05, 0) is 44.4 Å². The zero-order valence-electron chi connectivity index (χ0n) is 13.7. The fraction of sp³-hybridized carbons (Fsp3) is 0.471. The van der Waals surface area contributed by atoms with Crippen LogP contribution in [-0.2, 0) is 0 Å². The molecule has 1 aliphatic heterocycles. The third kappa shape index (κ3) is 3.96. The maximum atomic E-state index is 5.89. The fourth-order valence-electron chi connectivity index (χ4n) is 3.04. The van der Waals surface area contributed by atoms with Gasteiger partial charge in [0.05, 0.1) is 6.04 Å². The molecule has 1 aromatic carbocycles. The standard InChI is InChI=1S/C17H24N6/c1-12-7-6-10-23(11-12)13(2)15-20-16(18)22-17(21-15)19-14-8-4-3-5-9-14/h3-5,8-9,12-13H,6-7,10-11H2,1-2H3,(H3,18,19,20,21,22)/t12-,13-/m0/s1. The normalized spacial score (nSPS) is 20.2. The van der Waals surface area contributed by atoms with Gasteiger partial charge in [0.25, 0.3) is 0 Å². The monoisotopic (exact) mass is 312 g/mol. The van der Waals surface area contributed by atoms with E-state index in [-0.39, 0.29) is 12.0 Å². The maximum Gasteiger partial charge on any atom is 0.232 e. The van der Waals surface area contributed by atoms with Crippen molar-refractivity contribution in [2.24, 2.45) is 5.92 Å². The molecule has 0 aliphatic carbocycles. The molecule has 1 aromatic heterocycles. The van der Waals surface area contributed by atoms with Crippen LogP contribution >= 0.6 is 0 Å². The van der Waals surface area contributed by atoms with Crippen LogP contribution in [0.5, 0.6) is 0 Å². The minimum Gasteiger partial charge on any atom is -0.368 e. The van der Waals surface area contributed by atoms with Crippen molar-refractivity contribution in [1.82, 2.24) is 19.9 Å². The smallest absolute Gasteiger partial charge is 0.232 e. The number of nitrogens with zero attached hydrogens (tertiary/aromatic N) is 4. The number of anilines is 3. The van der Waals surface area contributed by atoms with Crippen LogP contribution in [0, 0.1) is 5.92 Å². The highest BCUT2D eigenvalue weighted by Crippen LogP contribution is 2.25. The van der Waals surface area contributed by atoms with E-state index in [0.717, 1.165) is 24.6 Å². The van der Waals surface area contributed by atoms with Gasteiger partial charge >= 0.3 is 0 Å². The molecular weight excluding hydrogens is 288 g/mol. The molecule has 2 atom stereocenters. The number of hydrogen-bond acceptors (Lipinski definition) is 6. The van der Waals surface area contributed by atoms with Crippen molar-refractivity contribution in [3.05, 3.63) is 36.2 Å². The third-order valence-electron chi connectivity index (χ3n) is 4.31. The summed E-state index contributed by atoms with van der Waals surface area (Å²) in [5.74, 6) is 2.19. The van der Waals surface area contributed by atoms with Gasteiger partial charge in [-0.1, -0.05) is 25.1 Å². The first-order valence-corrected chi connectivity index (χ1v) is 8.19. The Morgan fingerprint density at radius 3 is 2.74 bits per heavy atom. The van der Waals surface area contributed by atoms with E-state index < -0.39 is 0 Å². The van der Waals surface area contributed by atoms with Gasteiger partial charge in [0.2, 0.25) is 11.9 Å². The minimum absolute atomic E-state index is 0.138. The van der Waals surface area contributed by atoms with Crippen molar-refractivity contribution in [2.75, 3.05) is 24.1 Å². The Bertz CT molecular complexity index is 645. The molecule has 1 fully saturated rings. The zero-order valence-corrected chi connectivity index (χ0v) is 13.7. The Labute approximate surface area is 137 Å². The van der Waals surface area contributed by atoms with Gasteiger partial charge < -0.3 is 11.1 Å². The van der Waals surface area contributed by atoms with Crippen LogP contribution in [0.15, 0.2) is 30.3 Å². The number of nitrogens with one attached hydrogen (secondary N) is 1. The van der Waals surface area contributed by atoms with Gasteiger partial charge in [0.15, 0.2) is 5.82 Å². The molecule has 0 radical (unpaired) electrons. The average Bonchev–Trinajstić information content (AvgIpc) is 2.54. The van der Waals surface area contributed by atoms with Gasteiger partial charge in [0.1, 0.15) is 0 Å². The van der Waals surface area contributed by atoms with Gasteiger partial charge in [0, 0.05) is 12.2 Å². The molecule has 3 N–H and O–H groups in total. The summed E-state index contributed by atoms with van der Waals surface area (Å²) < 4.78 is 0. The number of rotatable bonds is 4. The summed E-state index contributed by atoms with van der Waals surface area (Å²) in [6.45, 7) is 6.59. The molecule has 1 aliphatic rings. The summed E-state index contributed by atoms with van der Waals surface area (Å²) in [4.78, 5) is 15.5. The van der Waals surface area contributed by atoms with Crippen LogP contribution in [-0.4, -0.2) is 32.9 Å². The average molecular weight is 312 g/mol. The second-order valence-corrected chi connectivity index (χ2v) is 6.28. The second kappa shape index (κ2) is 6.91. The predicted octanol–water partition coefficient (Wildman–Crippen LogP) is 2.99. The van der Waals surface area contributed by atoms with E-state index in [1.54, 1.807) is 0 Å². The highest BCUT2D eigenvalue weighted by molar-refractivity contribution is 5.53. The molecule has 0 bridgehead atoms. The van der Waals surface area contributed by atoms with Gasteiger partial charge in [-0.2, -0.15) is 15.0 Å². The molecule has 2 aromatic rings. The summed E-state index contributed by atoms with van der Waals surface area (Å²) in [7, 11) is 0.